The minimum absolute atomic E-state index is 0.0482. The molecule has 42 heavy (non-hydrogen) atoms. The third-order valence-electron chi connectivity index (χ3n) is 6.93. The van der Waals surface area contributed by atoms with Crippen LogP contribution in [0.5, 0.6) is 0 Å². The number of sulfonamides is 1. The van der Waals surface area contributed by atoms with Crippen molar-refractivity contribution in [2.75, 3.05) is 13.1 Å². The highest BCUT2D eigenvalue weighted by Gasteiger charge is 2.40. The van der Waals surface area contributed by atoms with E-state index in [-0.39, 0.29) is 37.2 Å². The lowest BCUT2D eigenvalue weighted by Crippen LogP contribution is -2.51. The third kappa shape index (κ3) is 7.86. The van der Waals surface area contributed by atoms with Crippen molar-refractivity contribution in [2.24, 2.45) is 0 Å². The number of rotatable bonds is 13. The summed E-state index contributed by atoms with van der Waals surface area (Å²) in [6.07, 6.45) is 2.50. The number of nitrogens with one attached hydrogen (secondary N) is 2. The molecule has 2 atom stereocenters. The number of hydrogen-bond acceptors (Lipinski definition) is 7. The Morgan fingerprint density at radius 2 is 1.76 bits per heavy atom. The number of carbonyl (C=O) groups excluding carboxylic acids is 3. The molecule has 2 aromatic carbocycles. The van der Waals surface area contributed by atoms with E-state index in [1.807, 2.05) is 24.3 Å². The molecule has 1 saturated heterocycles. The molecule has 1 aliphatic rings. The lowest BCUT2D eigenvalue weighted by atomic mass is 10.1. The van der Waals surface area contributed by atoms with Gasteiger partial charge in [-0.3, -0.25) is 19.4 Å². The first-order valence-electron chi connectivity index (χ1n) is 13.5. The van der Waals surface area contributed by atoms with Gasteiger partial charge in [-0.1, -0.05) is 36.4 Å². The molecule has 11 nitrogen and oxygen atoms in total. The van der Waals surface area contributed by atoms with Gasteiger partial charge in [0.2, 0.25) is 15.9 Å². The number of carbonyl (C=O) groups is 4. The molecule has 0 unspecified atom stereocenters. The minimum atomic E-state index is -3.94. The lowest BCUT2D eigenvalue weighted by molar-refractivity contribution is -0.142. The number of ketones is 1. The molecule has 0 saturated carbocycles. The van der Waals surface area contributed by atoms with Gasteiger partial charge in [0, 0.05) is 36.8 Å². The maximum atomic E-state index is 13.1. The van der Waals surface area contributed by atoms with Crippen LogP contribution in [0.25, 0.3) is 0 Å². The zero-order valence-electron chi connectivity index (χ0n) is 22.8. The summed E-state index contributed by atoms with van der Waals surface area (Å²) in [7, 11) is -3.94. The Balaban J connectivity index is 1.28. The molecule has 3 aromatic rings. The molecule has 0 spiro atoms. The standard InChI is InChI=1S/C30H32N4O7S/c35-24(20-32-28(36)22-9-6-8-21(18-22)19-23-10-4-5-16-31-23)14-15-26(30(38)39)33-29(37)27-13-7-17-34(27)42(40,41)25-11-2-1-3-12-25/h1-6,8-12,16,18,26-27H,7,13-15,17,19-20H2,(H,32,36)(H,33,37)(H,38,39)/t26-,27-/m0/s1. The fraction of sp³-hybridized carbons (Fsp3) is 0.300. The van der Waals surface area contributed by atoms with E-state index in [2.05, 4.69) is 15.6 Å². The van der Waals surface area contributed by atoms with Crippen molar-refractivity contribution in [1.29, 1.82) is 0 Å². The van der Waals surface area contributed by atoms with E-state index in [4.69, 9.17) is 0 Å². The van der Waals surface area contributed by atoms with Gasteiger partial charge in [0.05, 0.1) is 11.4 Å². The Hall–Kier alpha value is -4.42. The highest BCUT2D eigenvalue weighted by atomic mass is 32.2. The number of pyridine rings is 1. The lowest BCUT2D eigenvalue weighted by Gasteiger charge is -2.25. The first-order valence-corrected chi connectivity index (χ1v) is 15.0. The summed E-state index contributed by atoms with van der Waals surface area (Å²) in [5, 5.41) is 14.6. The Morgan fingerprint density at radius 1 is 1.00 bits per heavy atom. The smallest absolute Gasteiger partial charge is 0.326 e. The number of Topliss-reactive ketones (excluding diaryl/α,β-unsaturated/α-hetero) is 1. The molecular weight excluding hydrogens is 560 g/mol. The normalized spacial score (nSPS) is 16.0. The number of aliphatic carboxylic acids is 1. The van der Waals surface area contributed by atoms with Crippen LogP contribution in [0.4, 0.5) is 0 Å². The van der Waals surface area contributed by atoms with E-state index >= 15 is 0 Å². The van der Waals surface area contributed by atoms with Crippen molar-refractivity contribution in [2.45, 2.75) is 49.1 Å². The zero-order valence-corrected chi connectivity index (χ0v) is 23.6. The molecular formula is C30H32N4O7S. The average molecular weight is 593 g/mol. The molecule has 0 bridgehead atoms. The number of benzene rings is 2. The number of amides is 2. The van der Waals surface area contributed by atoms with Gasteiger partial charge in [-0.15, -0.1) is 0 Å². The SMILES string of the molecule is O=C(CC[C@H](NC(=O)[C@@H]1CCCN1S(=O)(=O)c1ccccc1)C(=O)O)CNC(=O)c1cccc(Cc2ccccn2)c1. The van der Waals surface area contributed by atoms with Crippen LogP contribution < -0.4 is 10.6 Å². The van der Waals surface area contributed by atoms with E-state index < -0.39 is 45.7 Å². The zero-order chi connectivity index (χ0) is 30.1. The Labute approximate surface area is 244 Å². The van der Waals surface area contributed by atoms with Gasteiger partial charge < -0.3 is 15.7 Å². The van der Waals surface area contributed by atoms with Crippen LogP contribution in [0.2, 0.25) is 0 Å². The molecule has 4 rings (SSSR count). The van der Waals surface area contributed by atoms with Crippen molar-refractivity contribution >= 4 is 33.6 Å². The Bertz CT molecular complexity index is 1530. The topological polar surface area (TPSA) is 163 Å². The summed E-state index contributed by atoms with van der Waals surface area (Å²) in [6.45, 7) is -0.174. The van der Waals surface area contributed by atoms with Gasteiger partial charge >= 0.3 is 5.97 Å². The predicted molar refractivity (Wildman–Crippen MR) is 153 cm³/mol. The van der Waals surface area contributed by atoms with E-state index in [1.165, 1.54) is 12.1 Å². The number of hydrogen-bond donors (Lipinski definition) is 3. The van der Waals surface area contributed by atoms with E-state index in [1.54, 1.807) is 42.6 Å². The Kier molecular flexibility index (Phi) is 10.2. The second kappa shape index (κ2) is 14.0. The van der Waals surface area contributed by atoms with E-state index in [0.29, 0.717) is 18.4 Å². The molecule has 2 heterocycles. The number of carboxylic acid groups (broad SMARTS) is 1. The second-order valence-electron chi connectivity index (χ2n) is 9.94. The maximum Gasteiger partial charge on any atom is 0.326 e. The summed E-state index contributed by atoms with van der Waals surface area (Å²) >= 11 is 0. The van der Waals surface area contributed by atoms with E-state index in [9.17, 15) is 32.7 Å². The van der Waals surface area contributed by atoms with Crippen LogP contribution in [0, 0.1) is 0 Å². The molecule has 1 fully saturated rings. The average Bonchev–Trinajstić information content (AvgIpc) is 3.50. The van der Waals surface area contributed by atoms with Gasteiger partial charge in [-0.25, -0.2) is 13.2 Å². The molecule has 1 aliphatic heterocycles. The van der Waals surface area contributed by atoms with Gasteiger partial charge in [-0.05, 0) is 61.2 Å². The largest absolute Gasteiger partial charge is 0.480 e. The summed E-state index contributed by atoms with van der Waals surface area (Å²) in [4.78, 5) is 54.3. The van der Waals surface area contributed by atoms with E-state index in [0.717, 1.165) is 15.6 Å². The highest BCUT2D eigenvalue weighted by Crippen LogP contribution is 2.26. The predicted octanol–water partition coefficient (Wildman–Crippen LogP) is 2.17. The summed E-state index contributed by atoms with van der Waals surface area (Å²) in [6, 6.07) is 17.8. The fourth-order valence-electron chi connectivity index (χ4n) is 4.75. The number of carboxylic acids is 1. The quantitative estimate of drug-likeness (QED) is 0.272. The summed E-state index contributed by atoms with van der Waals surface area (Å²) in [5.41, 5.74) is 2.10. The number of aromatic nitrogens is 1. The van der Waals surface area contributed by atoms with Crippen molar-refractivity contribution in [1.82, 2.24) is 19.9 Å². The van der Waals surface area contributed by atoms with Crippen molar-refractivity contribution in [3.8, 4) is 0 Å². The van der Waals surface area contributed by atoms with Crippen LogP contribution in [-0.2, 0) is 30.8 Å². The molecule has 0 aliphatic carbocycles. The molecule has 220 valence electrons. The Morgan fingerprint density at radius 3 is 2.48 bits per heavy atom. The maximum absolute atomic E-state index is 13.1. The highest BCUT2D eigenvalue weighted by molar-refractivity contribution is 7.89. The van der Waals surface area contributed by atoms with Gasteiger partial charge in [-0.2, -0.15) is 4.31 Å². The third-order valence-corrected chi connectivity index (χ3v) is 8.85. The molecule has 2 amide bonds. The van der Waals surface area contributed by atoms with Gasteiger partial charge in [0.25, 0.3) is 5.91 Å². The van der Waals surface area contributed by atoms with Crippen molar-refractivity contribution < 1.29 is 32.7 Å². The monoisotopic (exact) mass is 592 g/mol. The fourth-order valence-corrected chi connectivity index (χ4v) is 6.43. The van der Waals surface area contributed by atoms with Gasteiger partial charge in [0.1, 0.15) is 12.1 Å². The van der Waals surface area contributed by atoms with Crippen LogP contribution in [0.3, 0.4) is 0 Å². The van der Waals surface area contributed by atoms with Crippen molar-refractivity contribution in [3.63, 3.8) is 0 Å². The van der Waals surface area contributed by atoms with Gasteiger partial charge in [0.15, 0.2) is 5.78 Å². The van der Waals surface area contributed by atoms with Crippen LogP contribution >= 0.6 is 0 Å². The molecule has 0 radical (unpaired) electrons. The van der Waals surface area contributed by atoms with Crippen LogP contribution in [-0.4, -0.2) is 71.6 Å². The summed E-state index contributed by atoms with van der Waals surface area (Å²) < 4.78 is 27.2. The van der Waals surface area contributed by atoms with Crippen LogP contribution in [0.1, 0.15) is 47.3 Å². The second-order valence-corrected chi connectivity index (χ2v) is 11.8. The molecule has 3 N–H and O–H groups in total. The minimum Gasteiger partial charge on any atom is -0.480 e. The first kappa shape index (κ1) is 30.5. The molecule has 12 heteroatoms. The molecule has 1 aromatic heterocycles. The summed E-state index contributed by atoms with van der Waals surface area (Å²) in [5.74, 6) is -2.94. The first-order chi connectivity index (χ1) is 20.1. The van der Waals surface area contributed by atoms with Crippen molar-refractivity contribution in [3.05, 3.63) is 95.8 Å². The van der Waals surface area contributed by atoms with Crippen LogP contribution in [0.15, 0.2) is 83.9 Å². The number of nitrogens with zero attached hydrogens (tertiary/aromatic N) is 2.